The molecule has 0 spiro atoms. The van der Waals surface area contributed by atoms with E-state index in [0.717, 1.165) is 15.6 Å². The monoisotopic (exact) mass is 488 g/mol. The fourth-order valence-electron chi connectivity index (χ4n) is 4.13. The van der Waals surface area contributed by atoms with Gasteiger partial charge in [-0.25, -0.2) is 0 Å². The summed E-state index contributed by atoms with van der Waals surface area (Å²) >= 11 is 3.44. The van der Waals surface area contributed by atoms with Gasteiger partial charge in [-0.2, -0.15) is 5.10 Å². The molecule has 1 atom stereocenters. The maximum absolute atomic E-state index is 13.5. The molecule has 8 heteroatoms. The number of amides is 1. The first-order chi connectivity index (χ1) is 15.5. The second kappa shape index (κ2) is 7.72. The summed E-state index contributed by atoms with van der Waals surface area (Å²) in [6.07, 6.45) is 0. The summed E-state index contributed by atoms with van der Waals surface area (Å²) in [7, 11) is 0. The van der Waals surface area contributed by atoms with Crippen LogP contribution in [0.25, 0.3) is 11.3 Å². The number of hydrogen-bond acceptors (Lipinski definition) is 4. The highest BCUT2D eigenvalue weighted by Crippen LogP contribution is 2.47. The lowest BCUT2D eigenvalue weighted by molar-refractivity contribution is -0.385. The zero-order valence-electron chi connectivity index (χ0n) is 16.9. The van der Waals surface area contributed by atoms with Crippen molar-refractivity contribution in [3.63, 3.8) is 0 Å². The van der Waals surface area contributed by atoms with E-state index < -0.39 is 11.0 Å². The van der Waals surface area contributed by atoms with Crippen LogP contribution in [-0.2, 0) is 0 Å². The number of anilines is 1. The smallest absolute Gasteiger partial charge is 0.277 e. The fourth-order valence-corrected chi connectivity index (χ4v) is 4.39. The van der Waals surface area contributed by atoms with Gasteiger partial charge in [-0.1, -0.05) is 57.9 Å². The van der Waals surface area contributed by atoms with Crippen molar-refractivity contribution in [3.8, 4) is 11.3 Å². The minimum Gasteiger partial charge on any atom is -0.295 e. The molecule has 7 nitrogen and oxygen atoms in total. The van der Waals surface area contributed by atoms with Crippen LogP contribution in [0.3, 0.4) is 0 Å². The molecular weight excluding hydrogens is 472 g/mol. The highest BCUT2D eigenvalue weighted by atomic mass is 79.9. The first-order valence-electron chi connectivity index (χ1n) is 9.93. The van der Waals surface area contributed by atoms with Gasteiger partial charge in [-0.3, -0.25) is 24.9 Å². The number of benzene rings is 3. The van der Waals surface area contributed by atoms with Crippen molar-refractivity contribution in [2.45, 2.75) is 13.0 Å². The Kier molecular flexibility index (Phi) is 4.86. The SMILES string of the molecule is Cc1ccc(N2C(=O)c3[nH]nc(-c4ccc(Br)cc4)c3[C@H]2c2ccccc2[N+](=O)[O-])cc1. The van der Waals surface area contributed by atoms with E-state index >= 15 is 0 Å². The number of carbonyl (C=O) groups is 1. The number of rotatable bonds is 4. The number of nitrogens with one attached hydrogen (secondary N) is 1. The third-order valence-corrected chi connectivity index (χ3v) is 6.15. The second-order valence-electron chi connectivity index (χ2n) is 7.60. The molecule has 5 rings (SSSR count). The van der Waals surface area contributed by atoms with Gasteiger partial charge < -0.3 is 0 Å². The molecular formula is C24H17BrN4O3. The van der Waals surface area contributed by atoms with Crippen molar-refractivity contribution < 1.29 is 9.72 Å². The summed E-state index contributed by atoms with van der Waals surface area (Å²) in [5, 5.41) is 19.2. The predicted octanol–water partition coefficient (Wildman–Crippen LogP) is 5.81. The zero-order chi connectivity index (χ0) is 22.4. The standard InChI is InChI=1S/C24H17BrN4O3/c1-14-6-12-17(13-7-14)28-23(18-4-2-3-5-19(18)29(31)32)20-21(26-27-22(20)24(28)30)15-8-10-16(25)11-9-15/h2-13,23H,1H3,(H,26,27)/t23-/m1/s1. The van der Waals surface area contributed by atoms with Crippen LogP contribution in [0.1, 0.15) is 33.2 Å². The first kappa shape index (κ1) is 20.1. The molecule has 1 aliphatic rings. The minimum absolute atomic E-state index is 0.0433. The molecule has 1 aromatic heterocycles. The first-order valence-corrected chi connectivity index (χ1v) is 10.7. The third-order valence-electron chi connectivity index (χ3n) is 5.63. The van der Waals surface area contributed by atoms with Crippen LogP contribution in [0.5, 0.6) is 0 Å². The van der Waals surface area contributed by atoms with Crippen molar-refractivity contribution >= 4 is 33.2 Å². The molecule has 0 saturated carbocycles. The normalized spacial score (nSPS) is 15.1. The van der Waals surface area contributed by atoms with Gasteiger partial charge in [0.15, 0.2) is 0 Å². The van der Waals surface area contributed by atoms with Crippen LogP contribution in [0.15, 0.2) is 77.3 Å². The van der Waals surface area contributed by atoms with Crippen LogP contribution in [0.2, 0.25) is 0 Å². The Hall–Kier alpha value is -3.78. The quantitative estimate of drug-likeness (QED) is 0.290. The summed E-state index contributed by atoms with van der Waals surface area (Å²) in [5.74, 6) is -0.275. The van der Waals surface area contributed by atoms with Crippen molar-refractivity contribution in [2.24, 2.45) is 0 Å². The van der Waals surface area contributed by atoms with E-state index in [1.165, 1.54) is 6.07 Å². The molecule has 0 fully saturated rings. The highest BCUT2D eigenvalue weighted by Gasteiger charge is 2.45. The lowest BCUT2D eigenvalue weighted by atomic mass is 9.94. The topological polar surface area (TPSA) is 92.1 Å². The Bertz CT molecular complexity index is 1350. The largest absolute Gasteiger partial charge is 0.295 e. The van der Waals surface area contributed by atoms with Crippen LogP contribution in [0, 0.1) is 17.0 Å². The molecule has 32 heavy (non-hydrogen) atoms. The Morgan fingerprint density at radius 2 is 1.72 bits per heavy atom. The molecule has 158 valence electrons. The number of halogens is 1. The minimum atomic E-state index is -0.695. The van der Waals surface area contributed by atoms with Gasteiger partial charge in [0, 0.05) is 27.4 Å². The Labute approximate surface area is 192 Å². The van der Waals surface area contributed by atoms with E-state index in [1.807, 2.05) is 55.5 Å². The Morgan fingerprint density at radius 3 is 2.41 bits per heavy atom. The van der Waals surface area contributed by atoms with Gasteiger partial charge in [-0.05, 0) is 37.3 Å². The molecule has 0 saturated heterocycles. The fraction of sp³-hybridized carbons (Fsp3) is 0.0833. The van der Waals surface area contributed by atoms with Crippen molar-refractivity contribution in [2.75, 3.05) is 4.90 Å². The highest BCUT2D eigenvalue weighted by molar-refractivity contribution is 9.10. The van der Waals surface area contributed by atoms with E-state index in [-0.39, 0.29) is 11.6 Å². The third kappa shape index (κ3) is 3.20. The number of nitro benzene ring substituents is 1. The van der Waals surface area contributed by atoms with E-state index in [0.29, 0.717) is 28.2 Å². The van der Waals surface area contributed by atoms with Gasteiger partial charge in [-0.15, -0.1) is 0 Å². The maximum atomic E-state index is 13.5. The number of hydrogen-bond donors (Lipinski definition) is 1. The number of aromatic amines is 1. The molecule has 1 N–H and O–H groups in total. The number of nitro groups is 1. The number of aromatic nitrogens is 2. The lowest BCUT2D eigenvalue weighted by Gasteiger charge is -2.26. The number of carbonyl (C=O) groups excluding carboxylic acids is 1. The zero-order valence-corrected chi connectivity index (χ0v) is 18.5. The molecule has 4 aromatic rings. The van der Waals surface area contributed by atoms with E-state index in [4.69, 9.17) is 0 Å². The molecule has 2 heterocycles. The Morgan fingerprint density at radius 1 is 1.03 bits per heavy atom. The van der Waals surface area contributed by atoms with Gasteiger partial charge >= 0.3 is 0 Å². The van der Waals surface area contributed by atoms with E-state index in [1.54, 1.807) is 23.1 Å². The van der Waals surface area contributed by atoms with E-state index in [2.05, 4.69) is 26.1 Å². The van der Waals surface area contributed by atoms with Crippen molar-refractivity contribution in [1.29, 1.82) is 0 Å². The summed E-state index contributed by atoms with van der Waals surface area (Å²) in [6.45, 7) is 1.97. The summed E-state index contributed by atoms with van der Waals surface area (Å²) in [4.78, 5) is 26.6. The number of para-hydroxylation sites is 1. The van der Waals surface area contributed by atoms with Gasteiger partial charge in [0.1, 0.15) is 5.69 Å². The van der Waals surface area contributed by atoms with Crippen molar-refractivity contribution in [3.05, 3.63) is 110 Å². The molecule has 0 radical (unpaired) electrons. The lowest BCUT2D eigenvalue weighted by Crippen LogP contribution is -2.29. The number of nitrogens with zero attached hydrogens (tertiary/aromatic N) is 3. The molecule has 0 aliphatic carbocycles. The maximum Gasteiger partial charge on any atom is 0.277 e. The summed E-state index contributed by atoms with van der Waals surface area (Å²) < 4.78 is 0.918. The Balaban J connectivity index is 1.77. The van der Waals surface area contributed by atoms with Crippen LogP contribution in [0.4, 0.5) is 11.4 Å². The van der Waals surface area contributed by atoms with Crippen molar-refractivity contribution in [1.82, 2.24) is 10.2 Å². The van der Waals surface area contributed by atoms with Crippen LogP contribution < -0.4 is 4.90 Å². The number of fused-ring (bicyclic) bond motifs is 1. The van der Waals surface area contributed by atoms with Crippen LogP contribution in [-0.4, -0.2) is 21.0 Å². The van der Waals surface area contributed by atoms with Gasteiger partial charge in [0.05, 0.1) is 22.2 Å². The molecule has 3 aromatic carbocycles. The molecule has 0 bridgehead atoms. The molecule has 0 unspecified atom stereocenters. The second-order valence-corrected chi connectivity index (χ2v) is 8.51. The summed E-state index contributed by atoms with van der Waals surface area (Å²) in [6, 6.07) is 21.0. The summed E-state index contributed by atoms with van der Waals surface area (Å²) in [5.41, 5.74) is 4.49. The van der Waals surface area contributed by atoms with Gasteiger partial charge in [0.25, 0.3) is 11.6 Å². The average molecular weight is 489 g/mol. The molecule has 1 amide bonds. The molecule has 1 aliphatic heterocycles. The number of H-pyrrole nitrogens is 1. The number of aryl methyl sites for hydroxylation is 1. The predicted molar refractivity (Wildman–Crippen MR) is 125 cm³/mol. The average Bonchev–Trinajstić information content (AvgIpc) is 3.34. The van der Waals surface area contributed by atoms with E-state index in [9.17, 15) is 14.9 Å². The van der Waals surface area contributed by atoms with Gasteiger partial charge in [0.2, 0.25) is 0 Å². The van der Waals surface area contributed by atoms with Crippen LogP contribution >= 0.6 is 15.9 Å².